The van der Waals surface area contributed by atoms with E-state index >= 15 is 0 Å². The second-order valence-corrected chi connectivity index (χ2v) is 7.76. The molecule has 0 spiro atoms. The number of likely N-dealkylation sites (N-methyl/N-ethyl adjacent to an activating group) is 1. The number of halogens is 4. The second-order valence-electron chi connectivity index (χ2n) is 6.82. The first-order valence-electron chi connectivity index (χ1n) is 8.99. The standard InChI is InChI=1S/C17H26F3N5OS.HI/c1-25(2)15(26)10-23-16(21-8-12-6-4-3-5-7-12)22-9-14-24-13(11-27-14)17(18,19)20;/h11-12H,3-10H2,1-2H3,(H2,21,22,23);1H. The van der Waals surface area contributed by atoms with Gasteiger partial charge in [-0.2, -0.15) is 13.2 Å². The van der Waals surface area contributed by atoms with Gasteiger partial charge in [-0.1, -0.05) is 19.3 Å². The highest BCUT2D eigenvalue weighted by Crippen LogP contribution is 2.29. The van der Waals surface area contributed by atoms with Gasteiger partial charge in [-0.3, -0.25) is 4.79 Å². The number of alkyl halides is 3. The normalized spacial score (nSPS) is 15.7. The van der Waals surface area contributed by atoms with Gasteiger partial charge in [0.25, 0.3) is 0 Å². The summed E-state index contributed by atoms with van der Waals surface area (Å²) in [7, 11) is 3.29. The minimum Gasteiger partial charge on any atom is -0.356 e. The van der Waals surface area contributed by atoms with E-state index in [0.717, 1.165) is 36.1 Å². The number of thiazole rings is 1. The van der Waals surface area contributed by atoms with Gasteiger partial charge in [0.05, 0.1) is 6.54 Å². The average Bonchev–Trinajstić information content (AvgIpc) is 3.11. The lowest BCUT2D eigenvalue weighted by Gasteiger charge is -2.23. The summed E-state index contributed by atoms with van der Waals surface area (Å²) in [5, 5.41) is 7.51. The summed E-state index contributed by atoms with van der Waals surface area (Å²) in [4.78, 5) is 21.1. The number of hydrogen-bond acceptors (Lipinski definition) is 4. The zero-order chi connectivity index (χ0) is 19.9. The lowest BCUT2D eigenvalue weighted by atomic mass is 9.89. The maximum absolute atomic E-state index is 12.7. The number of carbonyl (C=O) groups excluding carboxylic acids is 1. The lowest BCUT2D eigenvalue weighted by molar-refractivity contribution is -0.140. The fourth-order valence-electron chi connectivity index (χ4n) is 2.78. The Morgan fingerprint density at radius 1 is 1.29 bits per heavy atom. The predicted molar refractivity (Wildman–Crippen MR) is 115 cm³/mol. The summed E-state index contributed by atoms with van der Waals surface area (Å²) in [6.45, 7) is 0.819. The van der Waals surface area contributed by atoms with E-state index in [1.807, 2.05) is 0 Å². The number of aromatic nitrogens is 1. The highest BCUT2D eigenvalue weighted by molar-refractivity contribution is 14.0. The van der Waals surface area contributed by atoms with Gasteiger partial charge < -0.3 is 15.5 Å². The molecule has 1 saturated carbocycles. The number of carbonyl (C=O) groups is 1. The molecule has 0 unspecified atom stereocenters. The fourth-order valence-corrected chi connectivity index (χ4v) is 3.52. The molecule has 6 nitrogen and oxygen atoms in total. The van der Waals surface area contributed by atoms with Crippen molar-refractivity contribution in [2.45, 2.75) is 44.8 Å². The molecule has 0 atom stereocenters. The summed E-state index contributed by atoms with van der Waals surface area (Å²) in [5.41, 5.74) is -0.888. The minimum atomic E-state index is -4.44. The molecule has 1 aromatic heterocycles. The van der Waals surface area contributed by atoms with E-state index in [2.05, 4.69) is 20.6 Å². The molecular formula is C17H27F3IN5OS. The molecule has 1 fully saturated rings. The van der Waals surface area contributed by atoms with Crippen LogP contribution in [0.2, 0.25) is 0 Å². The summed E-state index contributed by atoms with van der Waals surface area (Å²) < 4.78 is 38.0. The average molecular weight is 533 g/mol. The molecule has 11 heteroatoms. The van der Waals surface area contributed by atoms with Gasteiger partial charge in [0, 0.05) is 26.0 Å². The van der Waals surface area contributed by atoms with E-state index in [1.54, 1.807) is 14.1 Å². The predicted octanol–water partition coefficient (Wildman–Crippen LogP) is 3.48. The third kappa shape index (κ3) is 8.50. The Morgan fingerprint density at radius 3 is 2.54 bits per heavy atom. The van der Waals surface area contributed by atoms with Crippen LogP contribution in [0.3, 0.4) is 0 Å². The van der Waals surface area contributed by atoms with Crippen molar-refractivity contribution in [1.82, 2.24) is 20.5 Å². The van der Waals surface area contributed by atoms with Gasteiger partial charge in [0.2, 0.25) is 5.91 Å². The maximum Gasteiger partial charge on any atom is 0.434 e. The molecule has 1 amide bonds. The molecule has 2 N–H and O–H groups in total. The van der Waals surface area contributed by atoms with Crippen molar-refractivity contribution in [3.63, 3.8) is 0 Å². The summed E-state index contributed by atoms with van der Waals surface area (Å²) in [5.74, 6) is 0.814. The summed E-state index contributed by atoms with van der Waals surface area (Å²) in [6, 6.07) is 0. The molecular weight excluding hydrogens is 506 g/mol. The van der Waals surface area contributed by atoms with Gasteiger partial charge in [0.1, 0.15) is 11.6 Å². The molecule has 2 rings (SSSR count). The number of nitrogens with zero attached hydrogens (tertiary/aromatic N) is 3. The van der Waals surface area contributed by atoms with E-state index in [-0.39, 0.29) is 43.0 Å². The van der Waals surface area contributed by atoms with Crippen LogP contribution in [0.25, 0.3) is 0 Å². The quantitative estimate of drug-likeness (QED) is 0.334. The van der Waals surface area contributed by atoms with Crippen molar-refractivity contribution < 1.29 is 18.0 Å². The molecule has 28 heavy (non-hydrogen) atoms. The lowest BCUT2D eigenvalue weighted by Crippen LogP contribution is -2.40. The van der Waals surface area contributed by atoms with Crippen LogP contribution >= 0.6 is 35.3 Å². The van der Waals surface area contributed by atoms with E-state index in [1.165, 1.54) is 24.2 Å². The number of amides is 1. The van der Waals surface area contributed by atoms with E-state index in [4.69, 9.17) is 0 Å². The topological polar surface area (TPSA) is 69.6 Å². The highest BCUT2D eigenvalue weighted by Gasteiger charge is 2.33. The molecule has 1 aliphatic carbocycles. The molecule has 0 aliphatic heterocycles. The van der Waals surface area contributed by atoms with E-state index in [9.17, 15) is 18.0 Å². The van der Waals surface area contributed by atoms with Gasteiger partial charge >= 0.3 is 6.18 Å². The van der Waals surface area contributed by atoms with Crippen LogP contribution in [0.15, 0.2) is 10.4 Å². The number of aliphatic imine (C=N–C) groups is 1. The molecule has 0 bridgehead atoms. The molecule has 1 aromatic rings. The van der Waals surface area contributed by atoms with Gasteiger partial charge in [-0.25, -0.2) is 9.98 Å². The monoisotopic (exact) mass is 533 g/mol. The Kier molecular flexibility index (Phi) is 10.5. The Bertz CT molecular complexity index is 645. The van der Waals surface area contributed by atoms with Gasteiger partial charge in [-0.05, 0) is 18.8 Å². The molecule has 0 aromatic carbocycles. The summed E-state index contributed by atoms with van der Waals surface area (Å²) >= 11 is 0.942. The van der Waals surface area contributed by atoms with Crippen LogP contribution in [0.4, 0.5) is 13.2 Å². The van der Waals surface area contributed by atoms with Crippen molar-refractivity contribution in [2.24, 2.45) is 10.9 Å². The van der Waals surface area contributed by atoms with E-state index in [0.29, 0.717) is 16.9 Å². The van der Waals surface area contributed by atoms with Crippen LogP contribution in [0.1, 0.15) is 42.8 Å². The number of hydrogen-bond donors (Lipinski definition) is 2. The Balaban J connectivity index is 0.00000392. The molecule has 0 radical (unpaired) electrons. The van der Waals surface area contributed by atoms with Gasteiger partial charge in [0.15, 0.2) is 11.7 Å². The van der Waals surface area contributed by atoms with Crippen LogP contribution in [-0.4, -0.2) is 48.9 Å². The highest BCUT2D eigenvalue weighted by atomic mass is 127. The first kappa shape index (κ1) is 24.9. The molecule has 1 aliphatic rings. The van der Waals surface area contributed by atoms with Crippen molar-refractivity contribution >= 4 is 47.2 Å². The van der Waals surface area contributed by atoms with Crippen molar-refractivity contribution in [3.8, 4) is 0 Å². The molecule has 1 heterocycles. The summed E-state index contributed by atoms with van der Waals surface area (Å²) in [6.07, 6.45) is 1.55. The number of nitrogens with one attached hydrogen (secondary N) is 2. The SMILES string of the molecule is CN(C)C(=O)CN=C(NCc1nc(C(F)(F)F)cs1)NCC1CCCCC1.I. The Morgan fingerprint density at radius 2 is 1.96 bits per heavy atom. The van der Waals surface area contributed by atoms with E-state index < -0.39 is 11.9 Å². The van der Waals surface area contributed by atoms with Crippen LogP contribution in [0.5, 0.6) is 0 Å². The van der Waals surface area contributed by atoms with Crippen molar-refractivity contribution in [1.29, 1.82) is 0 Å². The molecule has 160 valence electrons. The van der Waals surface area contributed by atoms with Crippen LogP contribution in [0, 0.1) is 5.92 Å². The Labute approximate surface area is 184 Å². The van der Waals surface area contributed by atoms with Crippen LogP contribution in [-0.2, 0) is 17.5 Å². The van der Waals surface area contributed by atoms with Crippen LogP contribution < -0.4 is 10.6 Å². The minimum absolute atomic E-state index is 0. The third-order valence-corrected chi connectivity index (χ3v) is 5.25. The molecule has 0 saturated heterocycles. The zero-order valence-electron chi connectivity index (χ0n) is 16.0. The maximum atomic E-state index is 12.7. The smallest absolute Gasteiger partial charge is 0.356 e. The third-order valence-electron chi connectivity index (χ3n) is 4.40. The largest absolute Gasteiger partial charge is 0.434 e. The van der Waals surface area contributed by atoms with Gasteiger partial charge in [-0.15, -0.1) is 35.3 Å². The Hall–Kier alpha value is -1.11. The number of guanidine groups is 1. The number of rotatable bonds is 6. The van der Waals surface area contributed by atoms with Crippen molar-refractivity contribution in [2.75, 3.05) is 27.2 Å². The van der Waals surface area contributed by atoms with Crippen molar-refractivity contribution in [3.05, 3.63) is 16.1 Å². The first-order chi connectivity index (χ1) is 12.8. The second kappa shape index (κ2) is 11.8. The first-order valence-corrected chi connectivity index (χ1v) is 9.87. The zero-order valence-corrected chi connectivity index (χ0v) is 19.2. The fraction of sp³-hybridized carbons (Fsp3) is 0.706.